The Hall–Kier alpha value is -1.31. The molecule has 1 aliphatic rings. The van der Waals surface area contributed by atoms with E-state index in [0.717, 1.165) is 12.0 Å². The summed E-state index contributed by atoms with van der Waals surface area (Å²) in [6.07, 6.45) is 6.60. The van der Waals surface area contributed by atoms with Crippen molar-refractivity contribution >= 4 is 5.97 Å². The third-order valence-electron chi connectivity index (χ3n) is 1.72. The number of allylic oxidation sites excluding steroid dienone is 4. The first-order valence-corrected chi connectivity index (χ1v) is 3.97. The van der Waals surface area contributed by atoms with Gasteiger partial charge in [-0.2, -0.15) is 0 Å². The molecule has 1 heterocycles. The van der Waals surface area contributed by atoms with Gasteiger partial charge < -0.3 is 4.74 Å². The first-order chi connectivity index (χ1) is 5.77. The first-order valence-electron chi connectivity index (χ1n) is 3.97. The maximum absolute atomic E-state index is 10.9. The molecule has 0 atom stereocenters. The molecule has 1 aliphatic heterocycles. The van der Waals surface area contributed by atoms with Crippen LogP contribution >= 0.6 is 0 Å². The van der Waals surface area contributed by atoms with E-state index in [1.807, 2.05) is 13.0 Å². The van der Waals surface area contributed by atoms with Gasteiger partial charge in [0.05, 0.1) is 6.42 Å². The standard InChI is InChI=1S/C10H12O2/c1-3-5-8-6-7-10(11)12-9(8)4-2/h3-5H,1,6-7H2,2H3/b8-5-,9-4+. The molecule has 0 bridgehead atoms. The highest BCUT2D eigenvalue weighted by molar-refractivity contribution is 5.73. The fourth-order valence-corrected chi connectivity index (χ4v) is 1.15. The molecule has 2 nitrogen and oxygen atoms in total. The van der Waals surface area contributed by atoms with Gasteiger partial charge in [-0.15, -0.1) is 0 Å². The Morgan fingerprint density at radius 3 is 2.83 bits per heavy atom. The monoisotopic (exact) mass is 164 g/mol. The zero-order valence-corrected chi connectivity index (χ0v) is 7.17. The minimum absolute atomic E-state index is 0.149. The molecular weight excluding hydrogens is 152 g/mol. The minimum atomic E-state index is -0.149. The van der Waals surface area contributed by atoms with Gasteiger partial charge >= 0.3 is 5.97 Å². The molecule has 0 aromatic carbocycles. The van der Waals surface area contributed by atoms with Crippen molar-refractivity contribution < 1.29 is 9.53 Å². The predicted molar refractivity (Wildman–Crippen MR) is 47.4 cm³/mol. The molecule has 2 heteroatoms. The quantitative estimate of drug-likeness (QED) is 0.556. The summed E-state index contributed by atoms with van der Waals surface area (Å²) in [4.78, 5) is 10.9. The fourth-order valence-electron chi connectivity index (χ4n) is 1.15. The Labute approximate surface area is 72.2 Å². The molecule has 1 fully saturated rings. The van der Waals surface area contributed by atoms with Crippen molar-refractivity contribution in [1.82, 2.24) is 0 Å². The molecule has 0 radical (unpaired) electrons. The lowest BCUT2D eigenvalue weighted by molar-refractivity contribution is -0.140. The maximum Gasteiger partial charge on any atom is 0.311 e. The molecule has 0 saturated carbocycles. The van der Waals surface area contributed by atoms with Gasteiger partial charge in [-0.25, -0.2) is 0 Å². The molecule has 0 aliphatic carbocycles. The van der Waals surface area contributed by atoms with Crippen LogP contribution in [0, 0.1) is 0 Å². The molecule has 64 valence electrons. The summed E-state index contributed by atoms with van der Waals surface area (Å²) in [5, 5.41) is 0. The van der Waals surface area contributed by atoms with Crippen LogP contribution in [0.4, 0.5) is 0 Å². The number of rotatable bonds is 1. The number of hydrogen-bond donors (Lipinski definition) is 0. The smallest absolute Gasteiger partial charge is 0.311 e. The van der Waals surface area contributed by atoms with E-state index in [-0.39, 0.29) is 5.97 Å². The van der Waals surface area contributed by atoms with Gasteiger partial charge in [0.15, 0.2) is 0 Å². The van der Waals surface area contributed by atoms with E-state index < -0.39 is 0 Å². The van der Waals surface area contributed by atoms with Crippen LogP contribution in [0.3, 0.4) is 0 Å². The van der Waals surface area contributed by atoms with Crippen molar-refractivity contribution in [3.8, 4) is 0 Å². The summed E-state index contributed by atoms with van der Waals surface area (Å²) in [7, 11) is 0. The molecular formula is C10H12O2. The molecule has 1 rings (SSSR count). The number of carbonyl (C=O) groups excluding carboxylic acids is 1. The Kier molecular flexibility index (Phi) is 2.86. The zero-order valence-electron chi connectivity index (χ0n) is 7.17. The summed E-state index contributed by atoms with van der Waals surface area (Å²) < 4.78 is 5.01. The second-order valence-electron chi connectivity index (χ2n) is 2.55. The molecule has 0 spiro atoms. The van der Waals surface area contributed by atoms with E-state index in [1.54, 1.807) is 12.2 Å². The number of ether oxygens (including phenoxy) is 1. The van der Waals surface area contributed by atoms with Crippen molar-refractivity contribution in [1.29, 1.82) is 0 Å². The van der Waals surface area contributed by atoms with E-state index in [4.69, 9.17) is 4.74 Å². The van der Waals surface area contributed by atoms with Crippen molar-refractivity contribution in [2.45, 2.75) is 19.8 Å². The molecule has 0 N–H and O–H groups in total. The summed E-state index contributed by atoms with van der Waals surface area (Å²) in [5.74, 6) is 0.524. The van der Waals surface area contributed by atoms with Crippen molar-refractivity contribution in [2.24, 2.45) is 0 Å². The van der Waals surface area contributed by atoms with Gasteiger partial charge in [0.2, 0.25) is 0 Å². The third kappa shape index (κ3) is 1.84. The van der Waals surface area contributed by atoms with Gasteiger partial charge in [0.1, 0.15) is 5.76 Å². The lowest BCUT2D eigenvalue weighted by Crippen LogP contribution is -2.12. The molecule has 0 aromatic rings. The fraction of sp³-hybridized carbons (Fsp3) is 0.300. The maximum atomic E-state index is 10.9. The van der Waals surface area contributed by atoms with Crippen LogP contribution in [0.5, 0.6) is 0 Å². The molecule has 1 saturated heterocycles. The average Bonchev–Trinajstić information content (AvgIpc) is 2.08. The summed E-state index contributed by atoms with van der Waals surface area (Å²) in [6.45, 7) is 5.45. The van der Waals surface area contributed by atoms with Crippen LogP contribution in [0.25, 0.3) is 0 Å². The average molecular weight is 164 g/mol. The Morgan fingerprint density at radius 1 is 1.50 bits per heavy atom. The third-order valence-corrected chi connectivity index (χ3v) is 1.72. The molecule has 0 aromatic heterocycles. The van der Waals surface area contributed by atoms with Gasteiger partial charge in [-0.3, -0.25) is 4.79 Å². The number of cyclic esters (lactones) is 1. The van der Waals surface area contributed by atoms with Crippen LogP contribution < -0.4 is 0 Å². The predicted octanol–water partition coefficient (Wildman–Crippen LogP) is 2.34. The van der Waals surface area contributed by atoms with E-state index in [9.17, 15) is 4.79 Å². The largest absolute Gasteiger partial charge is 0.427 e. The van der Waals surface area contributed by atoms with Gasteiger partial charge in [-0.1, -0.05) is 18.7 Å². The van der Waals surface area contributed by atoms with Gasteiger partial charge in [0, 0.05) is 0 Å². The second-order valence-corrected chi connectivity index (χ2v) is 2.55. The minimum Gasteiger partial charge on any atom is -0.427 e. The molecule has 12 heavy (non-hydrogen) atoms. The van der Waals surface area contributed by atoms with E-state index in [2.05, 4.69) is 6.58 Å². The normalized spacial score (nSPS) is 24.2. The Balaban J connectivity index is 2.83. The number of hydrogen-bond acceptors (Lipinski definition) is 2. The van der Waals surface area contributed by atoms with Crippen molar-refractivity contribution in [3.05, 3.63) is 36.1 Å². The van der Waals surface area contributed by atoms with Gasteiger partial charge in [-0.05, 0) is 25.0 Å². The van der Waals surface area contributed by atoms with Crippen LogP contribution in [0.1, 0.15) is 19.8 Å². The van der Waals surface area contributed by atoms with E-state index in [0.29, 0.717) is 12.2 Å². The highest BCUT2D eigenvalue weighted by Crippen LogP contribution is 2.23. The van der Waals surface area contributed by atoms with Crippen LogP contribution in [-0.4, -0.2) is 5.97 Å². The SMILES string of the molecule is C=C/C=C1/CCC(=O)O/C1=C/C. The number of carbonyl (C=O) groups is 1. The second kappa shape index (κ2) is 3.90. The highest BCUT2D eigenvalue weighted by Gasteiger charge is 2.17. The summed E-state index contributed by atoms with van der Waals surface area (Å²) in [6, 6.07) is 0. The summed E-state index contributed by atoms with van der Waals surface area (Å²) >= 11 is 0. The molecule has 0 amide bonds. The lowest BCUT2D eigenvalue weighted by atomic mass is 10.1. The van der Waals surface area contributed by atoms with E-state index >= 15 is 0 Å². The van der Waals surface area contributed by atoms with Crippen LogP contribution in [0.15, 0.2) is 36.1 Å². The van der Waals surface area contributed by atoms with Crippen molar-refractivity contribution in [2.75, 3.05) is 0 Å². The molecule has 0 unspecified atom stereocenters. The lowest BCUT2D eigenvalue weighted by Gasteiger charge is -2.16. The first kappa shape index (κ1) is 8.78. The summed E-state index contributed by atoms with van der Waals surface area (Å²) in [5.41, 5.74) is 1.05. The highest BCUT2D eigenvalue weighted by atomic mass is 16.5. The topological polar surface area (TPSA) is 26.3 Å². The Bertz CT molecular complexity index is 259. The van der Waals surface area contributed by atoms with Gasteiger partial charge in [0.25, 0.3) is 0 Å². The Morgan fingerprint density at radius 2 is 2.25 bits per heavy atom. The zero-order chi connectivity index (χ0) is 8.97. The van der Waals surface area contributed by atoms with Crippen LogP contribution in [-0.2, 0) is 9.53 Å². The van der Waals surface area contributed by atoms with E-state index in [1.165, 1.54) is 0 Å². The number of esters is 1. The van der Waals surface area contributed by atoms with Crippen molar-refractivity contribution in [3.63, 3.8) is 0 Å². The van der Waals surface area contributed by atoms with Crippen LogP contribution in [0.2, 0.25) is 0 Å².